The zero-order valence-electron chi connectivity index (χ0n) is 18.0. The Balaban J connectivity index is 1.28. The van der Waals surface area contributed by atoms with Crippen molar-refractivity contribution in [1.82, 2.24) is 14.7 Å². The van der Waals surface area contributed by atoms with Crippen molar-refractivity contribution in [3.8, 4) is 0 Å². The minimum atomic E-state index is 0.188. The Morgan fingerprint density at radius 2 is 1.66 bits per heavy atom. The lowest BCUT2D eigenvalue weighted by Crippen LogP contribution is -2.52. The normalized spacial score (nSPS) is 26.1. The first kappa shape index (κ1) is 20.9. The van der Waals surface area contributed by atoms with Crippen molar-refractivity contribution in [2.75, 3.05) is 45.8 Å². The summed E-state index contributed by atoms with van der Waals surface area (Å²) < 4.78 is 0. The van der Waals surface area contributed by atoms with Gasteiger partial charge in [-0.25, -0.2) is 0 Å². The smallest absolute Gasteiger partial charge is 0.264 e. The minimum absolute atomic E-state index is 0.188. The molecule has 160 valence electrons. The van der Waals surface area contributed by atoms with Gasteiger partial charge in [0.1, 0.15) is 0 Å². The Hall–Kier alpha value is -1.40. The number of likely N-dealkylation sites (tertiary alicyclic amines) is 1. The molecule has 0 bridgehead atoms. The number of thiophene rings is 1. The number of carbonyl (C=O) groups excluding carboxylic acids is 2. The standard InChI is InChI=1S/C23H35N3O2S/c1-17-12-18(2)15-26(14-17)22(27)16-24-8-10-25(11-9-24)23(28)21-13-19-6-4-3-5-7-20(19)29-21/h13,17-18H,3-12,14-16H2,1-2H3/t17-,18-/m1/s1. The topological polar surface area (TPSA) is 43.9 Å². The molecule has 0 unspecified atom stereocenters. The van der Waals surface area contributed by atoms with E-state index in [1.165, 1.54) is 36.1 Å². The number of piperidine rings is 1. The first-order valence-corrected chi connectivity index (χ1v) is 12.2. The van der Waals surface area contributed by atoms with Gasteiger partial charge in [-0.3, -0.25) is 14.5 Å². The number of hydrogen-bond donors (Lipinski definition) is 0. The highest BCUT2D eigenvalue weighted by molar-refractivity contribution is 7.14. The molecule has 0 N–H and O–H groups in total. The van der Waals surface area contributed by atoms with Gasteiger partial charge in [0, 0.05) is 44.1 Å². The van der Waals surface area contributed by atoms with Crippen LogP contribution in [0, 0.1) is 11.8 Å². The van der Waals surface area contributed by atoms with Crippen molar-refractivity contribution < 1.29 is 9.59 Å². The molecule has 6 heteroatoms. The molecule has 0 saturated carbocycles. The minimum Gasteiger partial charge on any atom is -0.341 e. The number of aryl methyl sites for hydroxylation is 2. The molecule has 2 amide bonds. The molecule has 5 nitrogen and oxygen atoms in total. The highest BCUT2D eigenvalue weighted by atomic mass is 32.1. The maximum absolute atomic E-state index is 13.0. The summed E-state index contributed by atoms with van der Waals surface area (Å²) >= 11 is 1.72. The van der Waals surface area contributed by atoms with Crippen LogP contribution in [0.3, 0.4) is 0 Å². The predicted octanol–water partition coefficient (Wildman–Crippen LogP) is 3.28. The Labute approximate surface area is 179 Å². The van der Waals surface area contributed by atoms with Crippen LogP contribution in [0.1, 0.15) is 59.6 Å². The van der Waals surface area contributed by atoms with E-state index in [1.807, 2.05) is 4.90 Å². The van der Waals surface area contributed by atoms with Crippen molar-refractivity contribution in [1.29, 1.82) is 0 Å². The SMILES string of the molecule is C[C@@H]1C[C@@H](C)CN(C(=O)CN2CCN(C(=O)c3cc4c(s3)CCCCC4)CC2)C1. The molecule has 29 heavy (non-hydrogen) atoms. The second-order valence-electron chi connectivity index (χ2n) is 9.43. The van der Waals surface area contributed by atoms with Crippen LogP contribution in [0.2, 0.25) is 0 Å². The van der Waals surface area contributed by atoms with Gasteiger partial charge in [-0.2, -0.15) is 0 Å². The maximum atomic E-state index is 13.0. The molecule has 2 saturated heterocycles. The fourth-order valence-corrected chi connectivity index (χ4v) is 6.42. The van der Waals surface area contributed by atoms with Gasteiger partial charge < -0.3 is 9.80 Å². The Morgan fingerprint density at radius 1 is 0.966 bits per heavy atom. The predicted molar refractivity (Wildman–Crippen MR) is 117 cm³/mol. The van der Waals surface area contributed by atoms with E-state index in [0.29, 0.717) is 18.4 Å². The molecule has 1 aromatic rings. The van der Waals surface area contributed by atoms with Crippen molar-refractivity contribution in [2.24, 2.45) is 11.8 Å². The molecule has 2 aliphatic heterocycles. The molecule has 3 heterocycles. The van der Waals surface area contributed by atoms with Gasteiger partial charge in [0.25, 0.3) is 5.91 Å². The van der Waals surface area contributed by atoms with Crippen LogP contribution < -0.4 is 0 Å². The molecule has 0 spiro atoms. The van der Waals surface area contributed by atoms with Gasteiger partial charge in [-0.05, 0) is 55.6 Å². The maximum Gasteiger partial charge on any atom is 0.264 e. The number of amides is 2. The molecular weight excluding hydrogens is 382 g/mol. The van der Waals surface area contributed by atoms with E-state index in [1.54, 1.807) is 11.3 Å². The number of rotatable bonds is 3. The van der Waals surface area contributed by atoms with E-state index >= 15 is 0 Å². The molecule has 1 aliphatic carbocycles. The van der Waals surface area contributed by atoms with Crippen LogP contribution >= 0.6 is 11.3 Å². The molecule has 0 radical (unpaired) electrons. The number of fused-ring (bicyclic) bond motifs is 1. The first-order chi connectivity index (χ1) is 14.0. The van der Waals surface area contributed by atoms with Crippen LogP contribution in [0.4, 0.5) is 0 Å². The van der Waals surface area contributed by atoms with E-state index < -0.39 is 0 Å². The average molecular weight is 418 g/mol. The van der Waals surface area contributed by atoms with Crippen LogP contribution in [-0.2, 0) is 17.6 Å². The first-order valence-electron chi connectivity index (χ1n) is 11.4. The van der Waals surface area contributed by atoms with Gasteiger partial charge in [0.2, 0.25) is 5.91 Å². The fourth-order valence-electron chi connectivity index (χ4n) is 5.20. The Kier molecular flexibility index (Phi) is 6.60. The summed E-state index contributed by atoms with van der Waals surface area (Å²) in [4.78, 5) is 34.3. The lowest BCUT2D eigenvalue weighted by atomic mass is 9.92. The second kappa shape index (κ2) is 9.17. The van der Waals surface area contributed by atoms with E-state index in [2.05, 4.69) is 29.7 Å². The third-order valence-corrected chi connectivity index (χ3v) is 7.92. The molecule has 1 aromatic heterocycles. The van der Waals surface area contributed by atoms with E-state index in [9.17, 15) is 9.59 Å². The zero-order chi connectivity index (χ0) is 20.4. The molecular formula is C23H35N3O2S. The van der Waals surface area contributed by atoms with Gasteiger partial charge >= 0.3 is 0 Å². The third-order valence-electron chi connectivity index (χ3n) is 6.70. The second-order valence-corrected chi connectivity index (χ2v) is 10.6. The summed E-state index contributed by atoms with van der Waals surface area (Å²) in [5.74, 6) is 1.63. The van der Waals surface area contributed by atoms with Crippen molar-refractivity contribution in [2.45, 2.75) is 52.4 Å². The summed E-state index contributed by atoms with van der Waals surface area (Å²) in [5, 5.41) is 0. The van der Waals surface area contributed by atoms with Gasteiger partial charge in [-0.1, -0.05) is 20.3 Å². The Bertz CT molecular complexity index is 705. The number of hydrogen-bond acceptors (Lipinski definition) is 4. The summed E-state index contributed by atoms with van der Waals surface area (Å²) in [5.41, 5.74) is 1.41. The largest absolute Gasteiger partial charge is 0.341 e. The average Bonchev–Trinajstić information content (AvgIpc) is 2.98. The van der Waals surface area contributed by atoms with Crippen molar-refractivity contribution >= 4 is 23.2 Å². The van der Waals surface area contributed by atoms with Crippen LogP contribution in [-0.4, -0.2) is 72.3 Å². The van der Waals surface area contributed by atoms with Crippen molar-refractivity contribution in [3.05, 3.63) is 21.4 Å². The van der Waals surface area contributed by atoms with Gasteiger partial charge in [0.05, 0.1) is 11.4 Å². The van der Waals surface area contributed by atoms with Crippen LogP contribution in [0.25, 0.3) is 0 Å². The molecule has 3 aliphatic rings. The number of piperazine rings is 1. The summed E-state index contributed by atoms with van der Waals surface area (Å²) in [6, 6.07) is 2.16. The lowest BCUT2D eigenvalue weighted by molar-refractivity contribution is -0.135. The van der Waals surface area contributed by atoms with Gasteiger partial charge in [-0.15, -0.1) is 11.3 Å². The van der Waals surface area contributed by atoms with Crippen LogP contribution in [0.5, 0.6) is 0 Å². The molecule has 4 rings (SSSR count). The molecule has 0 aromatic carbocycles. The summed E-state index contributed by atoms with van der Waals surface area (Å²) in [6.45, 7) is 9.80. The zero-order valence-corrected chi connectivity index (χ0v) is 18.8. The third kappa shape index (κ3) is 5.02. The summed E-state index contributed by atoms with van der Waals surface area (Å²) in [6.07, 6.45) is 7.29. The number of carbonyl (C=O) groups is 2. The highest BCUT2D eigenvalue weighted by Gasteiger charge is 2.29. The highest BCUT2D eigenvalue weighted by Crippen LogP contribution is 2.30. The molecule has 2 fully saturated rings. The van der Waals surface area contributed by atoms with E-state index in [-0.39, 0.29) is 11.8 Å². The monoisotopic (exact) mass is 417 g/mol. The number of nitrogens with zero attached hydrogens (tertiary/aromatic N) is 3. The Morgan fingerprint density at radius 3 is 2.38 bits per heavy atom. The molecule has 2 atom stereocenters. The van der Waals surface area contributed by atoms with Gasteiger partial charge in [0.15, 0.2) is 0 Å². The summed E-state index contributed by atoms with van der Waals surface area (Å²) in [7, 11) is 0. The van der Waals surface area contributed by atoms with E-state index in [4.69, 9.17) is 0 Å². The van der Waals surface area contributed by atoms with Crippen molar-refractivity contribution in [3.63, 3.8) is 0 Å². The lowest BCUT2D eigenvalue weighted by Gasteiger charge is -2.38. The fraction of sp³-hybridized carbons (Fsp3) is 0.739. The van der Waals surface area contributed by atoms with Crippen LogP contribution in [0.15, 0.2) is 6.07 Å². The van der Waals surface area contributed by atoms with E-state index in [0.717, 1.165) is 57.0 Å². The quantitative estimate of drug-likeness (QED) is 0.709.